The molecule has 1 aromatic rings. The first-order chi connectivity index (χ1) is 7.31. The van der Waals surface area contributed by atoms with E-state index in [4.69, 9.17) is 5.73 Å². The molecule has 1 aliphatic rings. The Balaban J connectivity index is 2.07. The van der Waals surface area contributed by atoms with Gasteiger partial charge in [0.25, 0.3) is 0 Å². The lowest BCUT2D eigenvalue weighted by Gasteiger charge is -2.18. The smallest absolute Gasteiger partial charge is 0.0178 e. The van der Waals surface area contributed by atoms with Crippen LogP contribution in [0.25, 0.3) is 0 Å². The molecule has 0 amide bonds. The topological polar surface area (TPSA) is 26.0 Å². The lowest BCUT2D eigenvalue weighted by Crippen LogP contribution is -2.09. The summed E-state index contributed by atoms with van der Waals surface area (Å²) in [4.78, 5) is 0. The maximum absolute atomic E-state index is 5.59. The van der Waals surface area contributed by atoms with Gasteiger partial charge in [0, 0.05) is 6.54 Å². The van der Waals surface area contributed by atoms with Gasteiger partial charge in [0.15, 0.2) is 0 Å². The van der Waals surface area contributed by atoms with Crippen molar-refractivity contribution in [2.24, 2.45) is 11.7 Å². The number of thioether (sulfide) groups is 1. The molecular weight excluding hydrogens is 202 g/mol. The first kappa shape index (κ1) is 11.0. The standard InChI is InChI=1S/C13H19NS/c1-10(13-6-7-15-9-13)12-4-2-11(8-14)3-5-12/h2-5,10,13H,6-9,14H2,1H3. The molecular formula is C13H19NS. The third-order valence-corrected chi connectivity index (χ3v) is 4.60. The van der Waals surface area contributed by atoms with Crippen LogP contribution in [-0.4, -0.2) is 11.5 Å². The van der Waals surface area contributed by atoms with E-state index in [2.05, 4.69) is 43.0 Å². The summed E-state index contributed by atoms with van der Waals surface area (Å²) in [5.74, 6) is 4.25. The third-order valence-electron chi connectivity index (χ3n) is 3.41. The average Bonchev–Trinajstić information content (AvgIpc) is 2.82. The van der Waals surface area contributed by atoms with Crippen LogP contribution in [0, 0.1) is 5.92 Å². The summed E-state index contributed by atoms with van der Waals surface area (Å²) in [6, 6.07) is 8.81. The highest BCUT2D eigenvalue weighted by Crippen LogP contribution is 2.35. The van der Waals surface area contributed by atoms with Crippen LogP contribution < -0.4 is 5.73 Å². The lowest BCUT2D eigenvalue weighted by atomic mass is 9.87. The fourth-order valence-corrected chi connectivity index (χ4v) is 3.57. The normalized spacial score (nSPS) is 22.9. The highest BCUT2D eigenvalue weighted by atomic mass is 32.2. The van der Waals surface area contributed by atoms with Gasteiger partial charge in [-0.2, -0.15) is 11.8 Å². The second kappa shape index (κ2) is 5.04. The van der Waals surface area contributed by atoms with Gasteiger partial charge in [-0.15, -0.1) is 0 Å². The fourth-order valence-electron chi connectivity index (χ4n) is 2.18. The van der Waals surface area contributed by atoms with E-state index in [-0.39, 0.29) is 0 Å². The lowest BCUT2D eigenvalue weighted by molar-refractivity contribution is 0.500. The highest BCUT2D eigenvalue weighted by molar-refractivity contribution is 7.99. The molecule has 2 unspecified atom stereocenters. The summed E-state index contributed by atoms with van der Waals surface area (Å²) in [6.07, 6.45) is 1.38. The molecule has 15 heavy (non-hydrogen) atoms. The maximum Gasteiger partial charge on any atom is 0.0178 e. The quantitative estimate of drug-likeness (QED) is 0.849. The number of benzene rings is 1. The number of hydrogen-bond donors (Lipinski definition) is 1. The average molecular weight is 221 g/mol. The van der Waals surface area contributed by atoms with Gasteiger partial charge in [0.05, 0.1) is 0 Å². The van der Waals surface area contributed by atoms with Gasteiger partial charge in [-0.3, -0.25) is 0 Å². The summed E-state index contributed by atoms with van der Waals surface area (Å²) in [5.41, 5.74) is 8.30. The first-order valence-corrected chi connectivity index (χ1v) is 6.83. The second-order valence-corrected chi connectivity index (χ2v) is 5.51. The Morgan fingerprint density at radius 2 is 2.13 bits per heavy atom. The van der Waals surface area contributed by atoms with E-state index in [1.54, 1.807) is 0 Å². The van der Waals surface area contributed by atoms with Crippen LogP contribution in [0.3, 0.4) is 0 Å². The summed E-state index contributed by atoms with van der Waals surface area (Å²) in [6.45, 7) is 3.00. The van der Waals surface area contributed by atoms with E-state index < -0.39 is 0 Å². The summed E-state index contributed by atoms with van der Waals surface area (Å²) < 4.78 is 0. The van der Waals surface area contributed by atoms with Crippen LogP contribution in [0.15, 0.2) is 24.3 Å². The van der Waals surface area contributed by atoms with Gasteiger partial charge in [-0.1, -0.05) is 31.2 Å². The van der Waals surface area contributed by atoms with Crippen LogP contribution in [0.4, 0.5) is 0 Å². The van der Waals surface area contributed by atoms with E-state index >= 15 is 0 Å². The van der Waals surface area contributed by atoms with Gasteiger partial charge >= 0.3 is 0 Å². The Bertz CT molecular complexity index is 301. The van der Waals surface area contributed by atoms with Gasteiger partial charge in [0.2, 0.25) is 0 Å². The molecule has 82 valence electrons. The number of nitrogens with two attached hydrogens (primary N) is 1. The largest absolute Gasteiger partial charge is 0.326 e. The molecule has 2 atom stereocenters. The van der Waals surface area contributed by atoms with Crippen molar-refractivity contribution in [2.75, 3.05) is 11.5 Å². The van der Waals surface area contributed by atoms with E-state index in [9.17, 15) is 0 Å². The van der Waals surface area contributed by atoms with Crippen LogP contribution in [0.1, 0.15) is 30.4 Å². The van der Waals surface area contributed by atoms with Crippen molar-refractivity contribution in [3.8, 4) is 0 Å². The van der Waals surface area contributed by atoms with Gasteiger partial charge in [-0.25, -0.2) is 0 Å². The highest BCUT2D eigenvalue weighted by Gasteiger charge is 2.22. The Morgan fingerprint density at radius 1 is 1.40 bits per heavy atom. The molecule has 1 aliphatic heterocycles. The van der Waals surface area contributed by atoms with Crippen molar-refractivity contribution < 1.29 is 0 Å². The molecule has 0 aromatic heterocycles. The van der Waals surface area contributed by atoms with E-state index in [1.807, 2.05) is 0 Å². The SMILES string of the molecule is CC(c1ccc(CN)cc1)C1CCSC1. The minimum absolute atomic E-state index is 0.647. The maximum atomic E-state index is 5.59. The molecule has 1 saturated heterocycles. The van der Waals surface area contributed by atoms with Crippen molar-refractivity contribution in [1.29, 1.82) is 0 Å². The third kappa shape index (κ3) is 2.56. The van der Waals surface area contributed by atoms with Crippen molar-refractivity contribution in [1.82, 2.24) is 0 Å². The zero-order chi connectivity index (χ0) is 10.7. The number of rotatable bonds is 3. The van der Waals surface area contributed by atoms with Gasteiger partial charge in [0.1, 0.15) is 0 Å². The van der Waals surface area contributed by atoms with Gasteiger partial charge in [-0.05, 0) is 40.9 Å². The molecule has 0 aliphatic carbocycles. The summed E-state index contributed by atoms with van der Waals surface area (Å²) in [7, 11) is 0. The van der Waals surface area contributed by atoms with Crippen LogP contribution in [0.2, 0.25) is 0 Å². The molecule has 0 spiro atoms. The first-order valence-electron chi connectivity index (χ1n) is 5.68. The molecule has 0 bridgehead atoms. The van der Waals surface area contributed by atoms with Gasteiger partial charge < -0.3 is 5.73 Å². The Kier molecular flexibility index (Phi) is 3.71. The zero-order valence-electron chi connectivity index (χ0n) is 9.28. The minimum Gasteiger partial charge on any atom is -0.326 e. The van der Waals surface area contributed by atoms with Crippen molar-refractivity contribution in [3.63, 3.8) is 0 Å². The molecule has 1 heterocycles. The van der Waals surface area contributed by atoms with Crippen molar-refractivity contribution >= 4 is 11.8 Å². The molecule has 1 nitrogen and oxygen atoms in total. The van der Waals surface area contributed by atoms with E-state index in [0.29, 0.717) is 12.5 Å². The Morgan fingerprint density at radius 3 is 2.67 bits per heavy atom. The predicted molar refractivity (Wildman–Crippen MR) is 68.2 cm³/mol. The molecule has 0 saturated carbocycles. The number of hydrogen-bond acceptors (Lipinski definition) is 2. The Labute approximate surface area is 96.4 Å². The molecule has 2 N–H and O–H groups in total. The van der Waals surface area contributed by atoms with E-state index in [1.165, 1.54) is 29.1 Å². The molecule has 1 fully saturated rings. The van der Waals surface area contributed by atoms with Crippen LogP contribution >= 0.6 is 11.8 Å². The zero-order valence-corrected chi connectivity index (χ0v) is 10.1. The van der Waals surface area contributed by atoms with Crippen LogP contribution in [-0.2, 0) is 6.54 Å². The minimum atomic E-state index is 0.647. The second-order valence-electron chi connectivity index (χ2n) is 4.36. The molecule has 0 radical (unpaired) electrons. The molecule has 1 aromatic carbocycles. The Hall–Kier alpha value is -0.470. The van der Waals surface area contributed by atoms with E-state index in [0.717, 1.165) is 5.92 Å². The fraction of sp³-hybridized carbons (Fsp3) is 0.538. The van der Waals surface area contributed by atoms with Crippen molar-refractivity contribution in [3.05, 3.63) is 35.4 Å². The molecule has 2 rings (SSSR count). The summed E-state index contributed by atoms with van der Waals surface area (Å²) in [5, 5.41) is 0. The van der Waals surface area contributed by atoms with Crippen LogP contribution in [0.5, 0.6) is 0 Å². The molecule has 2 heteroatoms. The monoisotopic (exact) mass is 221 g/mol. The predicted octanol–water partition coefficient (Wildman–Crippen LogP) is 3.00. The van der Waals surface area contributed by atoms with Crippen molar-refractivity contribution in [2.45, 2.75) is 25.8 Å². The summed E-state index contributed by atoms with van der Waals surface area (Å²) >= 11 is 2.09.